The van der Waals surface area contributed by atoms with Gasteiger partial charge in [0.1, 0.15) is 12.4 Å². The highest BCUT2D eigenvalue weighted by atomic mass is 32.2. The van der Waals surface area contributed by atoms with Gasteiger partial charge in [0.25, 0.3) is 0 Å². The number of ether oxygens (including phenoxy) is 2. The predicted octanol–water partition coefficient (Wildman–Crippen LogP) is 3.39. The largest absolute Gasteiger partial charge is 0.497 e. The second-order valence-electron chi connectivity index (χ2n) is 7.48. The molecule has 162 valence electrons. The highest BCUT2D eigenvalue weighted by molar-refractivity contribution is 7.89. The van der Waals surface area contributed by atoms with Crippen molar-refractivity contribution in [2.45, 2.75) is 24.3 Å². The summed E-state index contributed by atoms with van der Waals surface area (Å²) in [5.74, 6) is -0.297. The summed E-state index contributed by atoms with van der Waals surface area (Å²) in [5, 5.41) is 0.977. The minimum atomic E-state index is -3.69. The molecule has 0 aliphatic carbocycles. The highest BCUT2D eigenvalue weighted by Gasteiger charge is 2.34. The Kier molecular flexibility index (Phi) is 6.20. The van der Waals surface area contributed by atoms with E-state index < -0.39 is 15.9 Å². The van der Waals surface area contributed by atoms with Gasteiger partial charge in [0.2, 0.25) is 10.0 Å². The molecule has 1 saturated heterocycles. The molecule has 2 heterocycles. The summed E-state index contributed by atoms with van der Waals surface area (Å²) in [6.45, 7) is 0.598. The van der Waals surface area contributed by atoms with Gasteiger partial charge < -0.3 is 9.47 Å². The Hall–Kier alpha value is -2.97. The molecule has 1 aliphatic rings. The van der Waals surface area contributed by atoms with E-state index in [-0.39, 0.29) is 24.0 Å². The van der Waals surface area contributed by atoms with Crippen molar-refractivity contribution >= 4 is 26.9 Å². The zero-order valence-corrected chi connectivity index (χ0v) is 18.0. The van der Waals surface area contributed by atoms with Gasteiger partial charge in [-0.25, -0.2) is 8.42 Å². The number of piperidine rings is 1. The Bertz CT molecular complexity index is 1170. The Morgan fingerprint density at radius 2 is 1.90 bits per heavy atom. The van der Waals surface area contributed by atoms with E-state index in [1.165, 1.54) is 23.5 Å². The number of carbonyl (C=O) groups excluding carboxylic acids is 1. The molecule has 0 saturated carbocycles. The van der Waals surface area contributed by atoms with Crippen molar-refractivity contribution < 1.29 is 22.7 Å². The van der Waals surface area contributed by atoms with Crippen LogP contribution in [0.15, 0.2) is 65.7 Å². The number of hydrogen-bond donors (Lipinski definition) is 0. The number of methoxy groups -OCH3 is 1. The molecule has 1 atom stereocenters. The molecular weight excluding hydrogens is 416 g/mol. The van der Waals surface area contributed by atoms with Crippen molar-refractivity contribution in [1.29, 1.82) is 0 Å². The summed E-state index contributed by atoms with van der Waals surface area (Å²) in [6, 6.07) is 15.8. The maximum absolute atomic E-state index is 13.0. The standard InChI is InChI=1S/C23H24N2O5S/c1-29-20-9-11-21(12-10-20)31(27,28)25-14-4-8-18(15-25)23(26)30-16-19-6-2-5-17-7-3-13-24-22(17)19/h2-3,5-7,9-13,18H,4,8,14-16H2,1H3/t18-/m1/s1. The molecule has 1 fully saturated rings. The summed E-state index contributed by atoms with van der Waals surface area (Å²) in [7, 11) is -2.16. The van der Waals surface area contributed by atoms with Gasteiger partial charge in [-0.15, -0.1) is 0 Å². The van der Waals surface area contributed by atoms with Gasteiger partial charge in [-0.05, 0) is 43.2 Å². The number of fused-ring (bicyclic) bond motifs is 1. The molecule has 0 N–H and O–H groups in total. The number of nitrogens with zero attached hydrogens (tertiary/aromatic N) is 2. The molecule has 2 aromatic carbocycles. The van der Waals surface area contributed by atoms with Crippen LogP contribution >= 0.6 is 0 Å². The third-order valence-corrected chi connectivity index (χ3v) is 7.38. The average Bonchev–Trinajstić information content (AvgIpc) is 2.82. The fourth-order valence-electron chi connectivity index (χ4n) is 3.80. The number of pyridine rings is 1. The minimum Gasteiger partial charge on any atom is -0.497 e. The van der Waals surface area contributed by atoms with E-state index >= 15 is 0 Å². The molecule has 0 unspecified atom stereocenters. The molecule has 1 aromatic heterocycles. The molecule has 4 rings (SSSR count). The lowest BCUT2D eigenvalue weighted by Gasteiger charge is -2.30. The fourth-order valence-corrected chi connectivity index (χ4v) is 5.32. The van der Waals surface area contributed by atoms with Crippen LogP contribution in [0.4, 0.5) is 0 Å². The van der Waals surface area contributed by atoms with Crippen LogP contribution in [0.5, 0.6) is 5.75 Å². The van der Waals surface area contributed by atoms with E-state index in [0.29, 0.717) is 25.1 Å². The molecule has 0 radical (unpaired) electrons. The lowest BCUT2D eigenvalue weighted by molar-refractivity contribution is -0.151. The van der Waals surface area contributed by atoms with Crippen LogP contribution in [0, 0.1) is 5.92 Å². The normalized spacial score (nSPS) is 17.4. The summed E-state index contributed by atoms with van der Waals surface area (Å²) in [5.41, 5.74) is 1.62. The Morgan fingerprint density at radius 1 is 1.13 bits per heavy atom. The monoisotopic (exact) mass is 440 g/mol. The second kappa shape index (κ2) is 9.03. The topological polar surface area (TPSA) is 85.8 Å². The van der Waals surface area contributed by atoms with Gasteiger partial charge in [-0.2, -0.15) is 4.31 Å². The molecule has 0 bridgehead atoms. The van der Waals surface area contributed by atoms with Gasteiger partial charge in [0.05, 0.1) is 23.4 Å². The van der Waals surface area contributed by atoms with E-state index in [1.807, 2.05) is 30.3 Å². The van der Waals surface area contributed by atoms with E-state index in [2.05, 4.69) is 4.98 Å². The quantitative estimate of drug-likeness (QED) is 0.546. The first kappa shape index (κ1) is 21.3. The summed E-state index contributed by atoms with van der Waals surface area (Å²) >= 11 is 0. The van der Waals surface area contributed by atoms with E-state index in [0.717, 1.165) is 16.5 Å². The van der Waals surface area contributed by atoms with Gasteiger partial charge >= 0.3 is 5.97 Å². The van der Waals surface area contributed by atoms with Crippen molar-refractivity contribution in [3.63, 3.8) is 0 Å². The fraction of sp³-hybridized carbons (Fsp3) is 0.304. The first-order chi connectivity index (χ1) is 15.0. The average molecular weight is 441 g/mol. The summed E-state index contributed by atoms with van der Waals surface area (Å²) in [6.07, 6.45) is 2.91. The Labute approximate surface area is 181 Å². The van der Waals surface area contributed by atoms with Crippen molar-refractivity contribution in [3.05, 3.63) is 66.4 Å². The number of rotatable bonds is 6. The van der Waals surface area contributed by atoms with Gasteiger partial charge in [0, 0.05) is 30.2 Å². The first-order valence-corrected chi connectivity index (χ1v) is 11.6. The Morgan fingerprint density at radius 3 is 2.68 bits per heavy atom. The molecule has 0 amide bonds. The number of benzene rings is 2. The van der Waals surface area contributed by atoms with Crippen LogP contribution in [0.1, 0.15) is 18.4 Å². The SMILES string of the molecule is COc1ccc(S(=O)(=O)N2CCC[C@@H](C(=O)OCc3cccc4cccnc34)C2)cc1. The summed E-state index contributed by atoms with van der Waals surface area (Å²) in [4.78, 5) is 17.3. The smallest absolute Gasteiger partial charge is 0.310 e. The van der Waals surface area contributed by atoms with Crippen LogP contribution in [0.25, 0.3) is 10.9 Å². The van der Waals surface area contributed by atoms with Crippen LogP contribution in [-0.2, 0) is 26.2 Å². The van der Waals surface area contributed by atoms with Crippen molar-refractivity contribution in [2.24, 2.45) is 5.92 Å². The Balaban J connectivity index is 1.43. The van der Waals surface area contributed by atoms with Crippen molar-refractivity contribution in [2.75, 3.05) is 20.2 Å². The maximum atomic E-state index is 13.0. The van der Waals surface area contributed by atoms with Gasteiger partial charge in [-0.3, -0.25) is 9.78 Å². The van der Waals surface area contributed by atoms with Gasteiger partial charge in [0.15, 0.2) is 0 Å². The zero-order valence-electron chi connectivity index (χ0n) is 17.2. The second-order valence-corrected chi connectivity index (χ2v) is 9.42. The summed E-state index contributed by atoms with van der Waals surface area (Å²) < 4.78 is 38.0. The van der Waals surface area contributed by atoms with E-state index in [1.54, 1.807) is 18.3 Å². The van der Waals surface area contributed by atoms with E-state index in [9.17, 15) is 13.2 Å². The van der Waals surface area contributed by atoms with Crippen molar-refractivity contribution in [1.82, 2.24) is 9.29 Å². The lowest BCUT2D eigenvalue weighted by Crippen LogP contribution is -2.42. The molecular formula is C23H24N2O5S. The molecule has 31 heavy (non-hydrogen) atoms. The number of sulfonamides is 1. The third-order valence-electron chi connectivity index (χ3n) is 5.50. The number of aromatic nitrogens is 1. The van der Waals surface area contributed by atoms with Crippen molar-refractivity contribution in [3.8, 4) is 5.75 Å². The number of hydrogen-bond acceptors (Lipinski definition) is 6. The zero-order chi connectivity index (χ0) is 21.8. The third kappa shape index (κ3) is 4.55. The van der Waals surface area contributed by atoms with Crippen LogP contribution < -0.4 is 4.74 Å². The molecule has 7 nitrogen and oxygen atoms in total. The lowest BCUT2D eigenvalue weighted by atomic mass is 10.00. The molecule has 3 aromatic rings. The maximum Gasteiger partial charge on any atom is 0.310 e. The number of esters is 1. The van der Waals surface area contributed by atoms with Gasteiger partial charge in [-0.1, -0.05) is 24.3 Å². The van der Waals surface area contributed by atoms with Crippen LogP contribution in [-0.4, -0.2) is 43.9 Å². The molecule has 1 aliphatic heterocycles. The molecule has 0 spiro atoms. The highest BCUT2D eigenvalue weighted by Crippen LogP contribution is 2.26. The first-order valence-electron chi connectivity index (χ1n) is 10.1. The minimum absolute atomic E-state index is 0.106. The van der Waals surface area contributed by atoms with E-state index in [4.69, 9.17) is 9.47 Å². The molecule has 8 heteroatoms. The number of para-hydroxylation sites is 1. The predicted molar refractivity (Wildman–Crippen MR) is 116 cm³/mol. The van der Waals surface area contributed by atoms with Crippen LogP contribution in [0.2, 0.25) is 0 Å². The van der Waals surface area contributed by atoms with Crippen LogP contribution in [0.3, 0.4) is 0 Å². The number of carbonyl (C=O) groups is 1.